The Labute approximate surface area is 198 Å². The number of morpholine rings is 1. The third-order valence-corrected chi connectivity index (χ3v) is 8.89. The Morgan fingerprint density at radius 3 is 2.55 bits per heavy atom. The molecule has 0 bridgehead atoms. The van der Waals surface area contributed by atoms with Crippen molar-refractivity contribution >= 4 is 15.7 Å². The van der Waals surface area contributed by atoms with Crippen molar-refractivity contribution in [2.24, 2.45) is 0 Å². The first-order valence-corrected chi connectivity index (χ1v) is 13.5. The zero-order chi connectivity index (χ0) is 23.6. The lowest BCUT2D eigenvalue weighted by atomic mass is 9.94. The van der Waals surface area contributed by atoms with E-state index >= 15 is 0 Å². The molecule has 0 radical (unpaired) electrons. The van der Waals surface area contributed by atoms with Gasteiger partial charge in [0.25, 0.3) is 10.0 Å². The average Bonchev–Trinajstić information content (AvgIpc) is 2.83. The SMILES string of the molecule is CCc1ccc2c(c1)CCC(CC)N2S(=O)(=O)c1ccc(C(O)CN2CCOCC2)c(C)c1. The molecule has 0 aromatic heterocycles. The monoisotopic (exact) mass is 472 g/mol. The highest BCUT2D eigenvalue weighted by molar-refractivity contribution is 7.92. The summed E-state index contributed by atoms with van der Waals surface area (Å²) in [6.45, 7) is 9.53. The molecule has 0 spiro atoms. The molecule has 2 aromatic rings. The summed E-state index contributed by atoms with van der Waals surface area (Å²) in [5.74, 6) is 0. The second-order valence-electron chi connectivity index (χ2n) is 9.17. The van der Waals surface area contributed by atoms with Crippen LogP contribution in [0.4, 0.5) is 5.69 Å². The normalized spacial score (nSPS) is 20.5. The van der Waals surface area contributed by atoms with E-state index in [-0.39, 0.29) is 10.9 Å². The van der Waals surface area contributed by atoms with Crippen LogP contribution in [0.1, 0.15) is 55.0 Å². The van der Waals surface area contributed by atoms with E-state index in [1.54, 1.807) is 22.5 Å². The van der Waals surface area contributed by atoms with E-state index in [4.69, 9.17) is 4.74 Å². The molecule has 7 heteroatoms. The molecule has 6 nitrogen and oxygen atoms in total. The standard InChI is InChI=1S/C26H36N2O4S/c1-4-20-6-11-25-21(17-20)7-8-22(5-2)28(25)33(30,31)23-9-10-24(19(3)16-23)26(29)18-27-12-14-32-15-13-27/h6,9-11,16-17,22,26,29H,4-5,7-8,12-15,18H2,1-3H3. The molecule has 2 atom stereocenters. The maximum absolute atomic E-state index is 13.9. The molecule has 2 aliphatic rings. The second-order valence-corrected chi connectivity index (χ2v) is 11.0. The van der Waals surface area contributed by atoms with Gasteiger partial charge in [-0.15, -0.1) is 0 Å². The lowest BCUT2D eigenvalue weighted by molar-refractivity contribution is 0.0142. The predicted octanol–water partition coefficient (Wildman–Crippen LogP) is 3.84. The van der Waals surface area contributed by atoms with Crippen LogP contribution in [0.25, 0.3) is 0 Å². The van der Waals surface area contributed by atoms with Gasteiger partial charge < -0.3 is 9.84 Å². The highest BCUT2D eigenvalue weighted by Gasteiger charge is 2.35. The molecule has 1 saturated heterocycles. The quantitative estimate of drug-likeness (QED) is 0.663. The van der Waals surface area contributed by atoms with Crippen molar-refractivity contribution in [2.45, 2.75) is 63.5 Å². The third kappa shape index (κ3) is 4.97. The molecule has 4 rings (SSSR count). The maximum Gasteiger partial charge on any atom is 0.264 e. The summed E-state index contributed by atoms with van der Waals surface area (Å²) in [6.07, 6.45) is 2.77. The number of hydrogen-bond acceptors (Lipinski definition) is 5. The largest absolute Gasteiger partial charge is 0.387 e. The van der Waals surface area contributed by atoms with E-state index in [1.807, 2.05) is 19.1 Å². The number of hydrogen-bond donors (Lipinski definition) is 1. The van der Waals surface area contributed by atoms with E-state index in [2.05, 4.69) is 24.8 Å². The summed E-state index contributed by atoms with van der Waals surface area (Å²) in [7, 11) is -3.72. The molecule has 0 saturated carbocycles. The van der Waals surface area contributed by atoms with Gasteiger partial charge in [-0.2, -0.15) is 0 Å². The molecular formula is C26H36N2O4S. The molecule has 2 aromatic carbocycles. The van der Waals surface area contributed by atoms with Crippen molar-refractivity contribution in [1.82, 2.24) is 4.90 Å². The number of fused-ring (bicyclic) bond motifs is 1. The van der Waals surface area contributed by atoms with Gasteiger partial charge in [0.2, 0.25) is 0 Å². The number of aryl methyl sites for hydroxylation is 3. The van der Waals surface area contributed by atoms with Crippen molar-refractivity contribution in [3.63, 3.8) is 0 Å². The molecule has 1 N–H and O–H groups in total. The minimum Gasteiger partial charge on any atom is -0.387 e. The minimum absolute atomic E-state index is 0.0538. The third-order valence-electron chi connectivity index (χ3n) is 7.03. The van der Waals surface area contributed by atoms with E-state index in [0.29, 0.717) is 19.8 Å². The molecule has 0 amide bonds. The number of benzene rings is 2. The number of aliphatic hydroxyl groups excluding tert-OH is 1. The fourth-order valence-corrected chi connectivity index (χ4v) is 6.91. The van der Waals surface area contributed by atoms with Crippen LogP contribution in [0, 0.1) is 6.92 Å². The van der Waals surface area contributed by atoms with Gasteiger partial charge in [0.1, 0.15) is 0 Å². The fraction of sp³-hybridized carbons (Fsp3) is 0.538. The van der Waals surface area contributed by atoms with Crippen LogP contribution in [0.2, 0.25) is 0 Å². The zero-order valence-corrected chi connectivity index (χ0v) is 20.8. The minimum atomic E-state index is -3.72. The molecular weight excluding hydrogens is 436 g/mol. The van der Waals surface area contributed by atoms with Crippen molar-refractivity contribution in [1.29, 1.82) is 0 Å². The number of anilines is 1. The van der Waals surface area contributed by atoms with Crippen molar-refractivity contribution in [3.8, 4) is 0 Å². The number of sulfonamides is 1. The first kappa shape index (κ1) is 24.2. The number of nitrogens with zero attached hydrogens (tertiary/aromatic N) is 2. The Morgan fingerprint density at radius 1 is 1.12 bits per heavy atom. The fourth-order valence-electron chi connectivity index (χ4n) is 5.03. The Kier molecular flexibility index (Phi) is 7.43. The topological polar surface area (TPSA) is 70.1 Å². The smallest absolute Gasteiger partial charge is 0.264 e. The van der Waals surface area contributed by atoms with Gasteiger partial charge in [0.05, 0.1) is 29.9 Å². The van der Waals surface area contributed by atoms with E-state index in [9.17, 15) is 13.5 Å². The van der Waals surface area contributed by atoms with Crippen LogP contribution in [-0.4, -0.2) is 57.3 Å². The van der Waals surface area contributed by atoms with Gasteiger partial charge in [0.15, 0.2) is 0 Å². The molecule has 180 valence electrons. The number of β-amino-alcohol motifs (C(OH)–C–C–N with tert-alkyl or cyclic N) is 1. The van der Waals surface area contributed by atoms with E-state index < -0.39 is 16.1 Å². The van der Waals surface area contributed by atoms with Crippen LogP contribution in [0.15, 0.2) is 41.3 Å². The first-order chi connectivity index (χ1) is 15.8. The zero-order valence-electron chi connectivity index (χ0n) is 20.0. The molecule has 1 fully saturated rings. The van der Waals surface area contributed by atoms with Gasteiger partial charge in [-0.25, -0.2) is 8.42 Å². The van der Waals surface area contributed by atoms with Crippen LogP contribution in [0.3, 0.4) is 0 Å². The summed E-state index contributed by atoms with van der Waals surface area (Å²) < 4.78 is 34.8. The van der Waals surface area contributed by atoms with Crippen molar-refractivity contribution < 1.29 is 18.3 Å². The highest BCUT2D eigenvalue weighted by atomic mass is 32.2. The number of rotatable bonds is 7. The van der Waals surface area contributed by atoms with E-state index in [0.717, 1.165) is 61.2 Å². The summed E-state index contributed by atoms with van der Waals surface area (Å²) in [5, 5.41) is 10.8. The predicted molar refractivity (Wildman–Crippen MR) is 131 cm³/mol. The van der Waals surface area contributed by atoms with Gasteiger partial charge in [-0.3, -0.25) is 9.21 Å². The maximum atomic E-state index is 13.9. The van der Waals surface area contributed by atoms with Crippen LogP contribution < -0.4 is 4.31 Å². The average molecular weight is 473 g/mol. The van der Waals surface area contributed by atoms with Gasteiger partial charge in [-0.1, -0.05) is 32.0 Å². The van der Waals surface area contributed by atoms with Crippen molar-refractivity contribution in [3.05, 3.63) is 58.7 Å². The highest BCUT2D eigenvalue weighted by Crippen LogP contribution is 2.37. The van der Waals surface area contributed by atoms with Crippen molar-refractivity contribution in [2.75, 3.05) is 37.2 Å². The number of ether oxygens (including phenoxy) is 1. The molecule has 33 heavy (non-hydrogen) atoms. The summed E-state index contributed by atoms with van der Waals surface area (Å²) >= 11 is 0. The van der Waals surface area contributed by atoms with Crippen LogP contribution in [-0.2, 0) is 27.6 Å². The second kappa shape index (κ2) is 10.1. The molecule has 2 heterocycles. The van der Waals surface area contributed by atoms with Gasteiger partial charge >= 0.3 is 0 Å². The number of aliphatic hydroxyl groups is 1. The van der Waals surface area contributed by atoms with Gasteiger partial charge in [-0.05, 0) is 73.1 Å². The van der Waals surface area contributed by atoms with Crippen LogP contribution in [0.5, 0.6) is 0 Å². The Balaban J connectivity index is 1.63. The summed E-state index contributed by atoms with van der Waals surface area (Å²) in [4.78, 5) is 2.47. The van der Waals surface area contributed by atoms with Crippen LogP contribution >= 0.6 is 0 Å². The summed E-state index contributed by atoms with van der Waals surface area (Å²) in [6, 6.07) is 11.3. The van der Waals surface area contributed by atoms with E-state index in [1.165, 1.54) is 5.56 Å². The summed E-state index contributed by atoms with van der Waals surface area (Å²) in [5.41, 5.74) is 4.72. The Bertz CT molecular complexity index is 1080. The first-order valence-electron chi connectivity index (χ1n) is 12.1. The Hall–Kier alpha value is -1.93. The van der Waals surface area contributed by atoms with Gasteiger partial charge in [0, 0.05) is 25.7 Å². The lowest BCUT2D eigenvalue weighted by Crippen LogP contribution is -2.43. The Morgan fingerprint density at radius 2 is 1.88 bits per heavy atom. The molecule has 2 unspecified atom stereocenters. The molecule has 0 aliphatic carbocycles. The lowest BCUT2D eigenvalue weighted by Gasteiger charge is -2.38. The molecule has 2 aliphatic heterocycles.